The van der Waals surface area contributed by atoms with Crippen LogP contribution >= 0.6 is 15.9 Å². The van der Waals surface area contributed by atoms with Gasteiger partial charge in [-0.3, -0.25) is 0 Å². The second-order valence-corrected chi connectivity index (χ2v) is 5.56. The zero-order valence-electron chi connectivity index (χ0n) is 10.3. The van der Waals surface area contributed by atoms with E-state index in [1.165, 1.54) is 23.8 Å². The molecule has 96 valence electrons. The number of hydrogen-bond acceptors (Lipinski definition) is 3. The van der Waals surface area contributed by atoms with E-state index in [1.54, 1.807) is 7.11 Å². The van der Waals surface area contributed by atoms with Crippen LogP contribution < -0.4 is 10.1 Å². The van der Waals surface area contributed by atoms with Crippen LogP contribution in [0, 0.1) is 0 Å². The van der Waals surface area contributed by atoms with Crippen LogP contribution in [-0.4, -0.2) is 20.2 Å². The summed E-state index contributed by atoms with van der Waals surface area (Å²) < 4.78 is 12.0. The Bertz CT molecular complexity index is 558. The summed E-state index contributed by atoms with van der Waals surface area (Å²) in [5, 5.41) is 4.57. The van der Waals surface area contributed by atoms with Gasteiger partial charge < -0.3 is 14.5 Å². The number of nitrogens with one attached hydrogen (secondary N) is 1. The molecular weight excluding hydrogens is 294 g/mol. The molecule has 1 fully saturated rings. The molecule has 4 heteroatoms. The van der Waals surface area contributed by atoms with Gasteiger partial charge in [-0.15, -0.1) is 0 Å². The van der Waals surface area contributed by atoms with Crippen molar-refractivity contribution in [2.45, 2.75) is 18.8 Å². The number of hydrogen-bond donors (Lipinski definition) is 1. The molecule has 0 unspecified atom stereocenters. The molecule has 1 saturated heterocycles. The average molecular weight is 310 g/mol. The van der Waals surface area contributed by atoms with Gasteiger partial charge in [-0.2, -0.15) is 0 Å². The number of halogens is 1. The summed E-state index contributed by atoms with van der Waals surface area (Å²) in [5.74, 6) is 1.46. The molecule has 1 aliphatic heterocycles. The molecule has 0 bridgehead atoms. The number of fused-ring (bicyclic) bond motifs is 1. The van der Waals surface area contributed by atoms with E-state index in [0.29, 0.717) is 5.92 Å². The van der Waals surface area contributed by atoms with Crippen LogP contribution in [0.25, 0.3) is 11.0 Å². The van der Waals surface area contributed by atoms with Crippen molar-refractivity contribution in [2.24, 2.45) is 0 Å². The Balaban J connectivity index is 2.09. The Kier molecular flexibility index (Phi) is 3.31. The predicted molar refractivity (Wildman–Crippen MR) is 75.3 cm³/mol. The molecule has 0 atom stereocenters. The van der Waals surface area contributed by atoms with E-state index in [2.05, 4.69) is 27.3 Å². The molecule has 18 heavy (non-hydrogen) atoms. The Morgan fingerprint density at radius 2 is 2.11 bits per heavy atom. The molecule has 1 aromatic carbocycles. The van der Waals surface area contributed by atoms with Crippen molar-refractivity contribution < 1.29 is 9.15 Å². The second-order valence-electron chi connectivity index (χ2n) is 4.70. The van der Waals surface area contributed by atoms with E-state index >= 15 is 0 Å². The molecule has 3 nitrogen and oxygen atoms in total. The molecule has 3 rings (SSSR count). The van der Waals surface area contributed by atoms with Gasteiger partial charge in [0.05, 0.1) is 17.8 Å². The summed E-state index contributed by atoms with van der Waals surface area (Å²) in [6.07, 6.45) is 4.25. The Morgan fingerprint density at radius 3 is 2.83 bits per heavy atom. The molecule has 2 heterocycles. The summed E-state index contributed by atoms with van der Waals surface area (Å²) >= 11 is 3.54. The third-order valence-electron chi connectivity index (χ3n) is 3.65. The first-order valence-electron chi connectivity index (χ1n) is 6.25. The lowest BCUT2D eigenvalue weighted by Crippen LogP contribution is -2.26. The minimum atomic E-state index is 0.589. The molecule has 0 aliphatic carbocycles. The standard InChI is InChI=1S/C14H16BrNO2/c1-17-10-6-11-12(9-2-4-16-5-3-9)8-18-14(11)13(15)7-10/h6-9,16H,2-5H2,1H3. The summed E-state index contributed by atoms with van der Waals surface area (Å²) in [6.45, 7) is 2.17. The maximum absolute atomic E-state index is 5.71. The van der Waals surface area contributed by atoms with E-state index in [4.69, 9.17) is 9.15 Å². The van der Waals surface area contributed by atoms with Gasteiger partial charge in [-0.25, -0.2) is 0 Å². The number of rotatable bonds is 2. The molecule has 0 amide bonds. The fourth-order valence-electron chi connectivity index (χ4n) is 2.66. The minimum Gasteiger partial charge on any atom is -0.497 e. The van der Waals surface area contributed by atoms with Crippen molar-refractivity contribution in [3.8, 4) is 5.75 Å². The Hall–Kier alpha value is -1.00. The Labute approximate surface area is 115 Å². The monoisotopic (exact) mass is 309 g/mol. The van der Waals surface area contributed by atoms with Crippen molar-refractivity contribution in [2.75, 3.05) is 20.2 Å². The minimum absolute atomic E-state index is 0.589. The highest BCUT2D eigenvalue weighted by Gasteiger charge is 2.21. The zero-order valence-corrected chi connectivity index (χ0v) is 11.9. The van der Waals surface area contributed by atoms with Crippen LogP contribution in [0.1, 0.15) is 24.3 Å². The number of benzene rings is 1. The van der Waals surface area contributed by atoms with Crippen molar-refractivity contribution in [1.82, 2.24) is 5.32 Å². The van der Waals surface area contributed by atoms with Gasteiger partial charge in [-0.1, -0.05) is 0 Å². The fraction of sp³-hybridized carbons (Fsp3) is 0.429. The van der Waals surface area contributed by atoms with Crippen molar-refractivity contribution in [3.05, 3.63) is 28.4 Å². The lowest BCUT2D eigenvalue weighted by atomic mass is 9.90. The van der Waals surface area contributed by atoms with Crippen molar-refractivity contribution in [3.63, 3.8) is 0 Å². The van der Waals surface area contributed by atoms with Crippen LogP contribution in [0.5, 0.6) is 5.75 Å². The third-order valence-corrected chi connectivity index (χ3v) is 4.24. The number of furan rings is 1. The van der Waals surface area contributed by atoms with Crippen LogP contribution in [0.3, 0.4) is 0 Å². The number of ether oxygens (including phenoxy) is 1. The van der Waals surface area contributed by atoms with Gasteiger partial charge >= 0.3 is 0 Å². The van der Waals surface area contributed by atoms with Gasteiger partial charge in [0.25, 0.3) is 0 Å². The van der Waals surface area contributed by atoms with Crippen molar-refractivity contribution in [1.29, 1.82) is 0 Å². The molecule has 1 N–H and O–H groups in total. The molecule has 1 aromatic heterocycles. The smallest absolute Gasteiger partial charge is 0.148 e. The summed E-state index contributed by atoms with van der Waals surface area (Å²) in [7, 11) is 1.69. The maximum Gasteiger partial charge on any atom is 0.148 e. The first-order valence-corrected chi connectivity index (χ1v) is 7.04. The molecule has 0 radical (unpaired) electrons. The van der Waals surface area contributed by atoms with Crippen LogP contribution in [0.4, 0.5) is 0 Å². The number of piperidine rings is 1. The number of methoxy groups -OCH3 is 1. The summed E-state index contributed by atoms with van der Waals surface area (Å²) in [5.41, 5.74) is 2.23. The third kappa shape index (κ3) is 2.04. The molecule has 0 spiro atoms. The van der Waals surface area contributed by atoms with Gasteiger partial charge in [0, 0.05) is 10.9 Å². The van der Waals surface area contributed by atoms with Gasteiger partial charge in [0.1, 0.15) is 11.3 Å². The average Bonchev–Trinajstić information content (AvgIpc) is 2.84. The fourth-order valence-corrected chi connectivity index (χ4v) is 3.19. The van der Waals surface area contributed by atoms with E-state index in [0.717, 1.165) is 28.9 Å². The van der Waals surface area contributed by atoms with Crippen LogP contribution in [-0.2, 0) is 0 Å². The summed E-state index contributed by atoms with van der Waals surface area (Å²) in [4.78, 5) is 0. The maximum atomic E-state index is 5.71. The predicted octanol–water partition coefficient (Wildman–Crippen LogP) is 3.67. The lowest BCUT2D eigenvalue weighted by Gasteiger charge is -2.21. The second kappa shape index (κ2) is 4.94. The van der Waals surface area contributed by atoms with Gasteiger partial charge in [-0.05, 0) is 59.9 Å². The van der Waals surface area contributed by atoms with Crippen LogP contribution in [0.2, 0.25) is 0 Å². The van der Waals surface area contributed by atoms with E-state index in [-0.39, 0.29) is 0 Å². The van der Waals surface area contributed by atoms with Crippen LogP contribution in [0.15, 0.2) is 27.3 Å². The first-order chi connectivity index (χ1) is 8.79. The van der Waals surface area contributed by atoms with E-state index in [1.807, 2.05) is 12.3 Å². The Morgan fingerprint density at radius 1 is 1.33 bits per heavy atom. The normalized spacial score (nSPS) is 17.2. The highest BCUT2D eigenvalue weighted by atomic mass is 79.9. The van der Waals surface area contributed by atoms with Gasteiger partial charge in [0.2, 0.25) is 0 Å². The lowest BCUT2D eigenvalue weighted by molar-refractivity contribution is 0.415. The van der Waals surface area contributed by atoms with E-state index in [9.17, 15) is 0 Å². The topological polar surface area (TPSA) is 34.4 Å². The first kappa shape index (κ1) is 12.1. The van der Waals surface area contributed by atoms with Gasteiger partial charge in [0.15, 0.2) is 0 Å². The quantitative estimate of drug-likeness (QED) is 0.919. The molecule has 1 aliphatic rings. The zero-order chi connectivity index (χ0) is 12.5. The highest BCUT2D eigenvalue weighted by Crippen LogP contribution is 2.38. The molecular formula is C14H16BrNO2. The highest BCUT2D eigenvalue weighted by molar-refractivity contribution is 9.10. The largest absolute Gasteiger partial charge is 0.497 e. The molecule has 0 saturated carbocycles. The SMILES string of the molecule is COc1cc(Br)c2occ(C3CCNCC3)c2c1. The van der Waals surface area contributed by atoms with Crippen molar-refractivity contribution >= 4 is 26.9 Å². The van der Waals surface area contributed by atoms with E-state index < -0.39 is 0 Å². The molecule has 2 aromatic rings. The summed E-state index contributed by atoms with van der Waals surface area (Å²) in [6, 6.07) is 4.01.